The molecule has 2 heterocycles. The molecule has 242 valence electrons. The third kappa shape index (κ3) is 8.80. The van der Waals surface area contributed by atoms with E-state index in [1.807, 2.05) is 80.5 Å². The molecule has 6 unspecified atom stereocenters. The van der Waals surface area contributed by atoms with Crippen LogP contribution in [0.25, 0.3) is 0 Å². The first-order chi connectivity index (χ1) is 21.8. The van der Waals surface area contributed by atoms with Crippen molar-refractivity contribution in [1.29, 1.82) is 0 Å². The van der Waals surface area contributed by atoms with E-state index in [-0.39, 0.29) is 24.5 Å². The van der Waals surface area contributed by atoms with Gasteiger partial charge in [0.05, 0.1) is 31.5 Å². The molecule has 0 radical (unpaired) electrons. The Kier molecular flexibility index (Phi) is 11.8. The third-order valence-corrected chi connectivity index (χ3v) is 10.0. The molecular weight excluding hydrogens is 586 g/mol. The van der Waals surface area contributed by atoms with Crippen molar-refractivity contribution in [2.24, 2.45) is 5.92 Å². The summed E-state index contributed by atoms with van der Waals surface area (Å²) < 4.78 is 12.1. The van der Waals surface area contributed by atoms with Gasteiger partial charge in [0.25, 0.3) is 0 Å². The molecule has 2 amide bonds. The van der Waals surface area contributed by atoms with Gasteiger partial charge < -0.3 is 35.2 Å². The van der Waals surface area contributed by atoms with Gasteiger partial charge in [-0.25, -0.2) is 4.79 Å². The van der Waals surface area contributed by atoms with E-state index in [1.54, 1.807) is 0 Å². The summed E-state index contributed by atoms with van der Waals surface area (Å²) in [5, 5.41) is 27.6. The number of anilines is 2. The number of fused-ring (bicyclic) bond motifs is 1. The maximum absolute atomic E-state index is 13.2. The number of carbonyl (C=O) groups excluding carboxylic acids is 1. The lowest BCUT2D eigenvalue weighted by molar-refractivity contribution is -0.136. The van der Waals surface area contributed by atoms with E-state index < -0.39 is 24.5 Å². The Bertz CT molecular complexity index is 1390. The van der Waals surface area contributed by atoms with Crippen LogP contribution in [0.5, 0.6) is 0 Å². The van der Waals surface area contributed by atoms with Crippen molar-refractivity contribution in [2.45, 2.75) is 81.0 Å². The van der Waals surface area contributed by atoms with E-state index in [0.717, 1.165) is 47.4 Å². The van der Waals surface area contributed by atoms with Gasteiger partial charge in [-0.3, -0.25) is 0 Å². The van der Waals surface area contributed by atoms with Crippen LogP contribution in [-0.2, 0) is 16.1 Å². The molecule has 1 saturated heterocycles. The summed E-state index contributed by atoms with van der Waals surface area (Å²) in [5.74, 6) is 0.810. The molecular formula is C36H47N3O5S. The number of nitrogens with zero attached hydrogens (tertiary/aromatic N) is 1. The zero-order valence-corrected chi connectivity index (χ0v) is 27.3. The molecule has 2 aliphatic rings. The van der Waals surface area contributed by atoms with Gasteiger partial charge in [-0.2, -0.15) is 0 Å². The van der Waals surface area contributed by atoms with E-state index in [4.69, 9.17) is 9.47 Å². The molecule has 0 saturated carbocycles. The maximum Gasteiger partial charge on any atom is 0.321 e. The molecule has 0 aromatic heterocycles. The van der Waals surface area contributed by atoms with Crippen molar-refractivity contribution in [2.75, 3.05) is 36.7 Å². The van der Waals surface area contributed by atoms with Crippen LogP contribution in [0, 0.1) is 5.92 Å². The largest absolute Gasteiger partial charge is 0.394 e. The Morgan fingerprint density at radius 1 is 1.07 bits per heavy atom. The van der Waals surface area contributed by atoms with Crippen LogP contribution in [0.15, 0.2) is 77.7 Å². The summed E-state index contributed by atoms with van der Waals surface area (Å²) in [4.78, 5) is 16.5. The molecule has 0 spiro atoms. The molecule has 2 aliphatic heterocycles. The van der Waals surface area contributed by atoms with Crippen LogP contribution in [-0.4, -0.2) is 67.2 Å². The maximum atomic E-state index is 13.2. The van der Waals surface area contributed by atoms with Crippen molar-refractivity contribution >= 4 is 29.2 Å². The van der Waals surface area contributed by atoms with Gasteiger partial charge in [0.1, 0.15) is 6.23 Å². The number of ether oxygens (including phenoxy) is 2. The Morgan fingerprint density at radius 3 is 2.64 bits per heavy atom. The fourth-order valence-corrected chi connectivity index (χ4v) is 7.54. The van der Waals surface area contributed by atoms with E-state index in [9.17, 15) is 15.0 Å². The summed E-state index contributed by atoms with van der Waals surface area (Å²) in [7, 11) is 4.06. The quantitative estimate of drug-likeness (QED) is 0.195. The summed E-state index contributed by atoms with van der Waals surface area (Å²) in [5.41, 5.74) is 4.88. The monoisotopic (exact) mass is 633 g/mol. The molecule has 45 heavy (non-hydrogen) atoms. The first kappa shape index (κ1) is 33.3. The van der Waals surface area contributed by atoms with Crippen LogP contribution >= 0.6 is 11.8 Å². The van der Waals surface area contributed by atoms with E-state index in [1.165, 1.54) is 4.90 Å². The number of nitrogens with one attached hydrogen (secondary N) is 2. The number of unbranched alkanes of at least 4 members (excludes halogenated alkanes) is 1. The molecule has 0 aliphatic carbocycles. The third-order valence-electron chi connectivity index (χ3n) is 8.74. The Labute approximate surface area is 271 Å². The highest BCUT2D eigenvalue weighted by Gasteiger charge is 2.35. The standard InChI is InChI=1S/C36H47N3O5S/c1-4-5-12-26-23-45-32-16-15-28(39(2)3)18-31(32)34(35(26)41)25-13-9-14-27(17-25)37-36(42)38-33-20-29(19-30(21-40)44-33)43-22-24-10-7-6-8-11-24/h6-11,13-18,26,29-30,33-35,40-41H,4-5,12,19-23H2,1-3H3,(H2,37,38,42). The van der Waals surface area contributed by atoms with Crippen molar-refractivity contribution in [3.8, 4) is 0 Å². The first-order valence-electron chi connectivity index (χ1n) is 16.1. The van der Waals surface area contributed by atoms with Crippen LogP contribution in [0.3, 0.4) is 0 Å². The SMILES string of the molecule is CCCCC1CSc2ccc(N(C)C)cc2C(c2cccc(NC(=O)NC3CC(OCc4ccccc4)CC(CO)O3)c2)C1O. The van der Waals surface area contributed by atoms with Crippen molar-refractivity contribution in [3.63, 3.8) is 0 Å². The van der Waals surface area contributed by atoms with Crippen molar-refractivity contribution < 1.29 is 24.5 Å². The normalized spacial score (nSPS) is 24.7. The highest BCUT2D eigenvalue weighted by atomic mass is 32.2. The molecule has 5 rings (SSSR count). The van der Waals surface area contributed by atoms with Gasteiger partial charge in [0.2, 0.25) is 0 Å². The van der Waals surface area contributed by atoms with E-state index in [0.29, 0.717) is 25.1 Å². The van der Waals surface area contributed by atoms with Crippen molar-refractivity contribution in [3.05, 3.63) is 89.5 Å². The zero-order valence-electron chi connectivity index (χ0n) is 26.5. The van der Waals surface area contributed by atoms with Gasteiger partial charge in [0, 0.05) is 54.9 Å². The van der Waals surface area contributed by atoms with Crippen LogP contribution in [0.2, 0.25) is 0 Å². The lowest BCUT2D eigenvalue weighted by Gasteiger charge is -2.35. The predicted octanol–water partition coefficient (Wildman–Crippen LogP) is 6.36. The van der Waals surface area contributed by atoms with Gasteiger partial charge >= 0.3 is 6.03 Å². The fourth-order valence-electron chi connectivity index (χ4n) is 6.27. The molecule has 3 aromatic carbocycles. The summed E-state index contributed by atoms with van der Waals surface area (Å²) in [6, 6.07) is 23.8. The number of thioether (sulfide) groups is 1. The van der Waals surface area contributed by atoms with Crippen LogP contribution < -0.4 is 15.5 Å². The number of aliphatic hydroxyl groups excluding tert-OH is 2. The summed E-state index contributed by atoms with van der Waals surface area (Å²) in [6.45, 7) is 2.50. The Balaban J connectivity index is 1.30. The zero-order chi connectivity index (χ0) is 31.8. The molecule has 3 aromatic rings. The minimum absolute atomic E-state index is 0.148. The first-order valence-corrected chi connectivity index (χ1v) is 17.0. The smallest absolute Gasteiger partial charge is 0.321 e. The number of amides is 2. The summed E-state index contributed by atoms with van der Waals surface area (Å²) >= 11 is 1.83. The molecule has 6 atom stereocenters. The number of benzene rings is 3. The minimum atomic E-state index is -0.601. The number of hydrogen-bond acceptors (Lipinski definition) is 7. The Morgan fingerprint density at radius 2 is 1.89 bits per heavy atom. The molecule has 0 bridgehead atoms. The molecule has 8 nitrogen and oxygen atoms in total. The lowest BCUT2D eigenvalue weighted by atomic mass is 9.80. The second kappa shape index (κ2) is 16.0. The number of aliphatic hydroxyl groups is 2. The lowest BCUT2D eigenvalue weighted by Crippen LogP contribution is -2.48. The highest BCUT2D eigenvalue weighted by molar-refractivity contribution is 7.99. The van der Waals surface area contributed by atoms with Gasteiger partial charge in [-0.1, -0.05) is 62.2 Å². The topological polar surface area (TPSA) is 103 Å². The fraction of sp³-hybridized carbons (Fsp3) is 0.472. The van der Waals surface area contributed by atoms with Crippen LogP contribution in [0.1, 0.15) is 61.6 Å². The molecule has 1 fully saturated rings. The van der Waals surface area contributed by atoms with Gasteiger partial charge in [-0.15, -0.1) is 11.8 Å². The van der Waals surface area contributed by atoms with E-state index in [2.05, 4.69) is 40.7 Å². The number of hydrogen-bond donors (Lipinski definition) is 4. The average molecular weight is 634 g/mol. The highest BCUT2D eigenvalue weighted by Crippen LogP contribution is 2.45. The number of urea groups is 1. The Hall–Kier alpha value is -3.08. The predicted molar refractivity (Wildman–Crippen MR) is 181 cm³/mol. The van der Waals surface area contributed by atoms with Crippen molar-refractivity contribution in [1.82, 2.24) is 5.32 Å². The number of carbonyl (C=O) groups is 1. The average Bonchev–Trinajstić information content (AvgIpc) is 3.18. The van der Waals surface area contributed by atoms with E-state index >= 15 is 0 Å². The molecule has 9 heteroatoms. The van der Waals surface area contributed by atoms with Gasteiger partial charge in [-0.05, 0) is 59.4 Å². The van der Waals surface area contributed by atoms with Crippen LogP contribution in [0.4, 0.5) is 16.2 Å². The molecule has 4 N–H and O–H groups in total. The van der Waals surface area contributed by atoms with Gasteiger partial charge in [0.15, 0.2) is 0 Å². The second-order valence-corrected chi connectivity index (χ2v) is 13.4. The minimum Gasteiger partial charge on any atom is -0.394 e. The second-order valence-electron chi connectivity index (χ2n) is 12.3. The summed E-state index contributed by atoms with van der Waals surface area (Å²) in [6.07, 6.45) is 2.45. The number of rotatable bonds is 11.